The van der Waals surface area contributed by atoms with Crippen molar-refractivity contribution in [2.45, 2.75) is 38.2 Å². The van der Waals surface area contributed by atoms with Gasteiger partial charge in [0.1, 0.15) is 11.6 Å². The molecule has 1 aliphatic rings. The quantitative estimate of drug-likeness (QED) is 0.809. The molecule has 16 heavy (non-hydrogen) atoms. The number of anilines is 1. The van der Waals surface area contributed by atoms with Gasteiger partial charge >= 0.3 is 0 Å². The Hall–Kier alpha value is -0.960. The predicted molar refractivity (Wildman–Crippen MR) is 65.6 cm³/mol. The molecule has 0 aromatic heterocycles. The van der Waals surface area contributed by atoms with E-state index in [1.165, 1.54) is 31.4 Å². The van der Waals surface area contributed by atoms with Crippen LogP contribution < -0.4 is 10.5 Å². The van der Waals surface area contributed by atoms with E-state index in [-0.39, 0.29) is 24.3 Å². The fraction of sp³-hybridized carbons (Fsp3) is 0.500. The van der Waals surface area contributed by atoms with E-state index >= 15 is 0 Å². The SMILES string of the molecule is Cl.Nc1cc(F)ccc1OC1CCCCC1. The largest absolute Gasteiger partial charge is 0.488 e. The highest BCUT2D eigenvalue weighted by Crippen LogP contribution is 2.27. The van der Waals surface area contributed by atoms with Gasteiger partial charge in [-0.15, -0.1) is 12.4 Å². The maximum Gasteiger partial charge on any atom is 0.142 e. The van der Waals surface area contributed by atoms with Crippen LogP contribution in [0.15, 0.2) is 18.2 Å². The van der Waals surface area contributed by atoms with Gasteiger partial charge in [0.25, 0.3) is 0 Å². The van der Waals surface area contributed by atoms with Crippen LogP contribution in [0.5, 0.6) is 5.75 Å². The maximum atomic E-state index is 12.8. The van der Waals surface area contributed by atoms with Gasteiger partial charge in [-0.3, -0.25) is 0 Å². The summed E-state index contributed by atoms with van der Waals surface area (Å²) in [6.45, 7) is 0. The topological polar surface area (TPSA) is 35.2 Å². The molecule has 0 unspecified atom stereocenters. The fourth-order valence-electron chi connectivity index (χ4n) is 1.99. The summed E-state index contributed by atoms with van der Waals surface area (Å²) in [5, 5.41) is 0. The molecule has 4 heteroatoms. The number of ether oxygens (including phenoxy) is 1. The van der Waals surface area contributed by atoms with Crippen LogP contribution in [0.25, 0.3) is 0 Å². The number of rotatable bonds is 2. The normalized spacial score (nSPS) is 16.6. The van der Waals surface area contributed by atoms with Gasteiger partial charge in [0.15, 0.2) is 0 Å². The summed E-state index contributed by atoms with van der Waals surface area (Å²) in [4.78, 5) is 0. The molecule has 1 aliphatic carbocycles. The molecular weight excluding hydrogens is 229 g/mol. The second-order valence-corrected chi connectivity index (χ2v) is 4.06. The summed E-state index contributed by atoms with van der Waals surface area (Å²) < 4.78 is 18.5. The molecule has 2 N–H and O–H groups in total. The third-order valence-electron chi connectivity index (χ3n) is 2.82. The van der Waals surface area contributed by atoms with E-state index in [0.29, 0.717) is 11.4 Å². The second kappa shape index (κ2) is 5.94. The van der Waals surface area contributed by atoms with Crippen LogP contribution in [0, 0.1) is 5.82 Å². The zero-order valence-corrected chi connectivity index (χ0v) is 9.93. The van der Waals surface area contributed by atoms with Crippen molar-refractivity contribution in [2.75, 3.05) is 5.73 Å². The fourth-order valence-corrected chi connectivity index (χ4v) is 1.99. The molecule has 90 valence electrons. The zero-order valence-electron chi connectivity index (χ0n) is 9.12. The Morgan fingerprint density at radius 2 is 1.88 bits per heavy atom. The van der Waals surface area contributed by atoms with Gasteiger partial charge in [-0.25, -0.2) is 4.39 Å². The van der Waals surface area contributed by atoms with Crippen LogP contribution in [0.1, 0.15) is 32.1 Å². The Labute approximate surface area is 101 Å². The average molecular weight is 246 g/mol. The van der Waals surface area contributed by atoms with Crippen molar-refractivity contribution < 1.29 is 9.13 Å². The highest BCUT2D eigenvalue weighted by atomic mass is 35.5. The standard InChI is InChI=1S/C12H16FNO.ClH/c13-9-6-7-12(11(14)8-9)15-10-4-2-1-3-5-10;/h6-8,10H,1-5,14H2;1H. The van der Waals surface area contributed by atoms with Crippen molar-refractivity contribution in [3.8, 4) is 5.75 Å². The van der Waals surface area contributed by atoms with Crippen molar-refractivity contribution in [1.29, 1.82) is 0 Å². The molecule has 0 amide bonds. The summed E-state index contributed by atoms with van der Waals surface area (Å²) in [7, 11) is 0. The molecule has 2 nitrogen and oxygen atoms in total. The molecule has 0 saturated heterocycles. The van der Waals surface area contributed by atoms with E-state index in [9.17, 15) is 4.39 Å². The molecule has 1 fully saturated rings. The predicted octanol–water partition coefficient (Wildman–Crippen LogP) is 3.54. The van der Waals surface area contributed by atoms with E-state index in [4.69, 9.17) is 10.5 Å². The first-order valence-electron chi connectivity index (χ1n) is 5.47. The first kappa shape index (κ1) is 13.1. The van der Waals surface area contributed by atoms with Gasteiger partial charge in [-0.05, 0) is 37.8 Å². The van der Waals surface area contributed by atoms with E-state index in [0.717, 1.165) is 12.8 Å². The molecule has 1 aromatic carbocycles. The van der Waals surface area contributed by atoms with Crippen LogP contribution in [-0.4, -0.2) is 6.10 Å². The van der Waals surface area contributed by atoms with Crippen molar-refractivity contribution in [1.82, 2.24) is 0 Å². The van der Waals surface area contributed by atoms with Gasteiger partial charge in [0.05, 0.1) is 11.8 Å². The minimum atomic E-state index is -0.316. The summed E-state index contributed by atoms with van der Waals surface area (Å²) in [6, 6.07) is 4.30. The molecular formula is C12H17ClFNO. The highest BCUT2D eigenvalue weighted by Gasteiger charge is 2.15. The average Bonchev–Trinajstić information content (AvgIpc) is 2.24. The van der Waals surface area contributed by atoms with E-state index in [1.54, 1.807) is 6.07 Å². The van der Waals surface area contributed by atoms with Crippen molar-refractivity contribution >= 4 is 18.1 Å². The van der Waals surface area contributed by atoms with Gasteiger partial charge in [0.2, 0.25) is 0 Å². The summed E-state index contributed by atoms with van der Waals surface area (Å²) in [6.07, 6.45) is 6.13. The number of hydrogen-bond donors (Lipinski definition) is 1. The van der Waals surface area contributed by atoms with Gasteiger partial charge in [-0.2, -0.15) is 0 Å². The first-order chi connectivity index (χ1) is 7.25. The molecule has 0 spiro atoms. The Kier molecular flexibility index (Phi) is 4.87. The summed E-state index contributed by atoms with van der Waals surface area (Å²) in [5.74, 6) is 0.298. The molecule has 0 heterocycles. The summed E-state index contributed by atoms with van der Waals surface area (Å²) >= 11 is 0. The Morgan fingerprint density at radius 1 is 1.19 bits per heavy atom. The molecule has 0 atom stereocenters. The van der Waals surface area contributed by atoms with Crippen molar-refractivity contribution in [2.24, 2.45) is 0 Å². The zero-order chi connectivity index (χ0) is 10.7. The second-order valence-electron chi connectivity index (χ2n) is 4.06. The molecule has 0 radical (unpaired) electrons. The smallest absolute Gasteiger partial charge is 0.142 e. The lowest BCUT2D eigenvalue weighted by Gasteiger charge is -2.23. The van der Waals surface area contributed by atoms with E-state index in [1.807, 2.05) is 0 Å². The Morgan fingerprint density at radius 3 is 2.50 bits per heavy atom. The number of benzene rings is 1. The Balaban J connectivity index is 0.00000128. The summed E-state index contributed by atoms with van der Waals surface area (Å²) in [5.41, 5.74) is 6.06. The third kappa shape index (κ3) is 3.27. The maximum absolute atomic E-state index is 12.8. The van der Waals surface area contributed by atoms with Gasteiger partial charge in [0, 0.05) is 6.07 Å². The highest BCUT2D eigenvalue weighted by molar-refractivity contribution is 5.85. The van der Waals surface area contributed by atoms with Crippen LogP contribution in [0.4, 0.5) is 10.1 Å². The van der Waals surface area contributed by atoms with E-state index in [2.05, 4.69) is 0 Å². The van der Waals surface area contributed by atoms with Crippen LogP contribution in [-0.2, 0) is 0 Å². The van der Waals surface area contributed by atoms with Crippen LogP contribution in [0.2, 0.25) is 0 Å². The lowest BCUT2D eigenvalue weighted by atomic mass is 9.98. The van der Waals surface area contributed by atoms with Crippen molar-refractivity contribution in [3.05, 3.63) is 24.0 Å². The lowest BCUT2D eigenvalue weighted by Crippen LogP contribution is -2.20. The Bertz CT molecular complexity index is 340. The first-order valence-corrected chi connectivity index (χ1v) is 5.47. The minimum Gasteiger partial charge on any atom is -0.488 e. The third-order valence-corrected chi connectivity index (χ3v) is 2.82. The molecule has 0 aliphatic heterocycles. The molecule has 1 aromatic rings. The van der Waals surface area contributed by atoms with Gasteiger partial charge < -0.3 is 10.5 Å². The van der Waals surface area contributed by atoms with E-state index < -0.39 is 0 Å². The number of halogens is 2. The molecule has 1 saturated carbocycles. The number of nitrogen functional groups attached to an aromatic ring is 1. The van der Waals surface area contributed by atoms with Crippen LogP contribution in [0.3, 0.4) is 0 Å². The van der Waals surface area contributed by atoms with Gasteiger partial charge in [-0.1, -0.05) is 6.42 Å². The lowest BCUT2D eigenvalue weighted by molar-refractivity contribution is 0.156. The molecule has 2 rings (SSSR count). The molecule has 0 bridgehead atoms. The minimum absolute atomic E-state index is 0. The van der Waals surface area contributed by atoms with Crippen molar-refractivity contribution in [3.63, 3.8) is 0 Å². The monoisotopic (exact) mass is 245 g/mol. The number of nitrogens with two attached hydrogens (primary N) is 1. The number of hydrogen-bond acceptors (Lipinski definition) is 2. The van der Waals surface area contributed by atoms with Crippen LogP contribution >= 0.6 is 12.4 Å².